The van der Waals surface area contributed by atoms with E-state index in [0.717, 1.165) is 0 Å². The maximum atomic E-state index is 11.3. The summed E-state index contributed by atoms with van der Waals surface area (Å²) in [5.74, 6) is -0.264. The van der Waals surface area contributed by atoms with Gasteiger partial charge in [0.25, 0.3) is 5.91 Å². The van der Waals surface area contributed by atoms with E-state index in [2.05, 4.69) is 15.6 Å². The molecule has 0 saturated carbocycles. The Balaban J connectivity index is 2.19. The molecule has 0 aliphatic carbocycles. The monoisotopic (exact) mass is 195 g/mol. The minimum Gasteiger partial charge on any atom is -0.357 e. The van der Waals surface area contributed by atoms with Gasteiger partial charge in [-0.2, -0.15) is 0 Å². The van der Waals surface area contributed by atoms with E-state index in [1.54, 1.807) is 18.3 Å². The third-order valence-electron chi connectivity index (χ3n) is 1.63. The van der Waals surface area contributed by atoms with Crippen molar-refractivity contribution in [1.82, 2.24) is 15.6 Å². The van der Waals surface area contributed by atoms with Crippen molar-refractivity contribution in [3.05, 3.63) is 24.0 Å². The van der Waals surface area contributed by atoms with Gasteiger partial charge in [0, 0.05) is 26.2 Å². The number of aromatic nitrogens is 1. The van der Waals surface area contributed by atoms with Crippen molar-refractivity contribution >= 4 is 11.8 Å². The van der Waals surface area contributed by atoms with Crippen molar-refractivity contribution in [2.24, 2.45) is 0 Å². The molecule has 0 aromatic carbocycles. The number of hydrogen-bond acceptors (Lipinski definition) is 2. The first-order valence-electron chi connectivity index (χ1n) is 4.36. The Labute approximate surface area is 81.9 Å². The second-order valence-electron chi connectivity index (χ2n) is 2.82. The topological polar surface area (TPSA) is 74.0 Å². The molecule has 1 aromatic heterocycles. The van der Waals surface area contributed by atoms with E-state index in [1.165, 1.54) is 6.92 Å². The standard InChI is InChI=1S/C9H13N3O2/c1-7(13)10-5-6-12-9(14)8-3-2-4-11-8/h2-4,11H,5-6H2,1H3,(H,10,13)(H,12,14). The SMILES string of the molecule is CC(=O)NCCNC(=O)c1ccc[nH]1. The molecule has 0 fully saturated rings. The van der Waals surface area contributed by atoms with Crippen molar-refractivity contribution in [2.45, 2.75) is 6.92 Å². The molecule has 1 aromatic rings. The molecule has 0 aliphatic heterocycles. The summed E-state index contributed by atoms with van der Waals surface area (Å²) in [4.78, 5) is 24.6. The molecule has 76 valence electrons. The molecule has 1 rings (SSSR count). The Kier molecular flexibility index (Phi) is 3.72. The van der Waals surface area contributed by atoms with Crippen LogP contribution in [0.4, 0.5) is 0 Å². The van der Waals surface area contributed by atoms with Gasteiger partial charge in [0.15, 0.2) is 0 Å². The molecular formula is C9H13N3O2. The van der Waals surface area contributed by atoms with Crippen molar-refractivity contribution in [1.29, 1.82) is 0 Å². The normalized spacial score (nSPS) is 9.50. The van der Waals surface area contributed by atoms with Crippen LogP contribution in [0.2, 0.25) is 0 Å². The lowest BCUT2D eigenvalue weighted by Crippen LogP contribution is -2.33. The fraction of sp³-hybridized carbons (Fsp3) is 0.333. The number of amides is 2. The van der Waals surface area contributed by atoms with Gasteiger partial charge in [-0.25, -0.2) is 0 Å². The number of nitrogens with one attached hydrogen (secondary N) is 3. The fourth-order valence-electron chi connectivity index (χ4n) is 0.981. The highest BCUT2D eigenvalue weighted by molar-refractivity contribution is 5.92. The second kappa shape index (κ2) is 5.06. The van der Waals surface area contributed by atoms with Crippen LogP contribution in [-0.4, -0.2) is 29.9 Å². The Hall–Kier alpha value is -1.78. The van der Waals surface area contributed by atoms with Crippen LogP contribution < -0.4 is 10.6 Å². The third kappa shape index (κ3) is 3.30. The van der Waals surface area contributed by atoms with Crippen molar-refractivity contribution < 1.29 is 9.59 Å². The summed E-state index contributed by atoms with van der Waals surface area (Å²) in [7, 11) is 0. The molecule has 14 heavy (non-hydrogen) atoms. The Morgan fingerprint density at radius 3 is 2.64 bits per heavy atom. The fourth-order valence-corrected chi connectivity index (χ4v) is 0.981. The van der Waals surface area contributed by atoms with Crippen LogP contribution in [0.15, 0.2) is 18.3 Å². The summed E-state index contributed by atoms with van der Waals surface area (Å²) in [6, 6.07) is 3.44. The summed E-state index contributed by atoms with van der Waals surface area (Å²) in [6.07, 6.45) is 1.68. The summed E-state index contributed by atoms with van der Waals surface area (Å²) in [5, 5.41) is 5.24. The average Bonchev–Trinajstić information content (AvgIpc) is 2.64. The van der Waals surface area contributed by atoms with Gasteiger partial charge in [-0.15, -0.1) is 0 Å². The first-order valence-corrected chi connectivity index (χ1v) is 4.36. The molecule has 2 amide bonds. The van der Waals surface area contributed by atoms with Crippen LogP contribution in [0.3, 0.4) is 0 Å². The van der Waals surface area contributed by atoms with E-state index in [9.17, 15) is 9.59 Å². The van der Waals surface area contributed by atoms with Gasteiger partial charge in [0.2, 0.25) is 5.91 Å². The van der Waals surface area contributed by atoms with Gasteiger partial charge in [-0.3, -0.25) is 9.59 Å². The Morgan fingerprint density at radius 2 is 2.07 bits per heavy atom. The lowest BCUT2D eigenvalue weighted by Gasteiger charge is -2.03. The van der Waals surface area contributed by atoms with Gasteiger partial charge in [0.1, 0.15) is 5.69 Å². The number of carbonyl (C=O) groups is 2. The Bertz CT molecular complexity index is 306. The van der Waals surface area contributed by atoms with Crippen molar-refractivity contribution in [3.8, 4) is 0 Å². The minimum absolute atomic E-state index is 0.0980. The van der Waals surface area contributed by atoms with E-state index in [4.69, 9.17) is 0 Å². The molecule has 0 unspecified atom stereocenters. The first-order chi connectivity index (χ1) is 6.70. The van der Waals surface area contributed by atoms with Gasteiger partial charge >= 0.3 is 0 Å². The number of H-pyrrole nitrogens is 1. The van der Waals surface area contributed by atoms with Gasteiger partial charge < -0.3 is 15.6 Å². The molecule has 0 spiro atoms. The van der Waals surface area contributed by atoms with Crippen LogP contribution in [0.25, 0.3) is 0 Å². The Morgan fingerprint density at radius 1 is 1.36 bits per heavy atom. The number of carbonyl (C=O) groups excluding carboxylic acids is 2. The average molecular weight is 195 g/mol. The highest BCUT2D eigenvalue weighted by Crippen LogP contribution is 1.92. The molecule has 5 heteroatoms. The summed E-state index contributed by atoms with van der Waals surface area (Å²) in [5.41, 5.74) is 0.521. The number of aromatic amines is 1. The summed E-state index contributed by atoms with van der Waals surface area (Å²) >= 11 is 0. The van der Waals surface area contributed by atoms with Crippen LogP contribution in [-0.2, 0) is 4.79 Å². The lowest BCUT2D eigenvalue weighted by molar-refractivity contribution is -0.118. The quantitative estimate of drug-likeness (QED) is 0.586. The zero-order chi connectivity index (χ0) is 10.4. The van der Waals surface area contributed by atoms with E-state index in [0.29, 0.717) is 18.8 Å². The number of hydrogen-bond donors (Lipinski definition) is 3. The number of rotatable bonds is 4. The largest absolute Gasteiger partial charge is 0.357 e. The minimum atomic E-state index is -0.166. The predicted octanol–water partition coefficient (Wildman–Crippen LogP) is -0.119. The summed E-state index contributed by atoms with van der Waals surface area (Å²) < 4.78 is 0. The van der Waals surface area contributed by atoms with E-state index < -0.39 is 0 Å². The van der Waals surface area contributed by atoms with Crippen LogP contribution in [0, 0.1) is 0 Å². The lowest BCUT2D eigenvalue weighted by atomic mass is 10.4. The molecule has 0 saturated heterocycles. The molecule has 1 heterocycles. The molecule has 0 radical (unpaired) electrons. The van der Waals surface area contributed by atoms with Crippen LogP contribution in [0.5, 0.6) is 0 Å². The molecular weight excluding hydrogens is 182 g/mol. The highest BCUT2D eigenvalue weighted by Gasteiger charge is 2.03. The zero-order valence-electron chi connectivity index (χ0n) is 7.96. The van der Waals surface area contributed by atoms with E-state index in [-0.39, 0.29) is 11.8 Å². The molecule has 0 atom stereocenters. The third-order valence-corrected chi connectivity index (χ3v) is 1.63. The van der Waals surface area contributed by atoms with Gasteiger partial charge in [-0.1, -0.05) is 0 Å². The maximum absolute atomic E-state index is 11.3. The molecule has 0 aliphatic rings. The smallest absolute Gasteiger partial charge is 0.267 e. The van der Waals surface area contributed by atoms with E-state index >= 15 is 0 Å². The van der Waals surface area contributed by atoms with E-state index in [1.807, 2.05) is 0 Å². The predicted molar refractivity (Wildman–Crippen MR) is 51.8 cm³/mol. The van der Waals surface area contributed by atoms with Gasteiger partial charge in [-0.05, 0) is 12.1 Å². The summed E-state index contributed by atoms with van der Waals surface area (Å²) in [6.45, 7) is 2.31. The highest BCUT2D eigenvalue weighted by atomic mass is 16.2. The van der Waals surface area contributed by atoms with Crippen LogP contribution >= 0.6 is 0 Å². The van der Waals surface area contributed by atoms with Crippen molar-refractivity contribution in [3.63, 3.8) is 0 Å². The van der Waals surface area contributed by atoms with Gasteiger partial charge in [0.05, 0.1) is 0 Å². The molecule has 5 nitrogen and oxygen atoms in total. The van der Waals surface area contributed by atoms with Crippen molar-refractivity contribution in [2.75, 3.05) is 13.1 Å². The first kappa shape index (κ1) is 10.3. The van der Waals surface area contributed by atoms with Crippen LogP contribution in [0.1, 0.15) is 17.4 Å². The molecule has 3 N–H and O–H groups in total. The second-order valence-corrected chi connectivity index (χ2v) is 2.82. The molecule has 0 bridgehead atoms. The zero-order valence-corrected chi connectivity index (χ0v) is 7.96. The maximum Gasteiger partial charge on any atom is 0.267 e.